The van der Waals surface area contributed by atoms with Gasteiger partial charge >= 0.3 is 0 Å². The number of hydrogen-bond donors (Lipinski definition) is 1. The highest BCUT2D eigenvalue weighted by Gasteiger charge is 2.27. The Morgan fingerprint density at radius 3 is 2.54 bits per heavy atom. The minimum atomic E-state index is 0.0908. The third kappa shape index (κ3) is 6.27. The van der Waals surface area contributed by atoms with Gasteiger partial charge in [0.1, 0.15) is 5.82 Å². The Morgan fingerprint density at radius 1 is 1.14 bits per heavy atom. The van der Waals surface area contributed by atoms with E-state index in [1.165, 1.54) is 37.7 Å². The predicted molar refractivity (Wildman–Crippen MR) is 141 cm³/mol. The first-order chi connectivity index (χ1) is 17.0. The van der Waals surface area contributed by atoms with Crippen molar-refractivity contribution in [3.05, 3.63) is 53.0 Å². The fourth-order valence-electron chi connectivity index (χ4n) is 5.00. The lowest BCUT2D eigenvalue weighted by atomic mass is 9.84. The zero-order valence-electron chi connectivity index (χ0n) is 21.6. The van der Waals surface area contributed by atoms with Crippen LogP contribution in [0.5, 0.6) is 0 Å². The quantitative estimate of drug-likeness (QED) is 0.541. The number of nitrogens with one attached hydrogen (secondary N) is 1. The zero-order chi connectivity index (χ0) is 24.8. The molecule has 0 atom stereocenters. The number of hydrogen-bond acceptors (Lipinski definition) is 6. The summed E-state index contributed by atoms with van der Waals surface area (Å²) in [4.78, 5) is 26.0. The van der Waals surface area contributed by atoms with E-state index in [-0.39, 0.29) is 5.91 Å². The second-order valence-electron chi connectivity index (χ2n) is 9.87. The van der Waals surface area contributed by atoms with Gasteiger partial charge in [0.15, 0.2) is 5.82 Å². The Kier molecular flexibility index (Phi) is 8.52. The molecule has 4 rings (SSSR count). The highest BCUT2D eigenvalue weighted by molar-refractivity contribution is 5.78. The Labute approximate surface area is 209 Å². The molecule has 0 radical (unpaired) electrons. The van der Waals surface area contributed by atoms with Gasteiger partial charge in [-0.15, -0.1) is 0 Å². The molecule has 0 saturated heterocycles. The Hall–Kier alpha value is -2.77. The van der Waals surface area contributed by atoms with Crippen LogP contribution in [-0.4, -0.2) is 60.0 Å². The smallest absolute Gasteiger partial charge is 0.236 e. The minimum Gasteiger partial charge on any atom is -0.381 e. The van der Waals surface area contributed by atoms with Crippen molar-refractivity contribution < 1.29 is 9.53 Å². The Morgan fingerprint density at radius 2 is 1.89 bits per heavy atom. The fourth-order valence-corrected chi connectivity index (χ4v) is 5.00. The lowest BCUT2D eigenvalue weighted by Gasteiger charge is -2.22. The number of rotatable bonds is 9. The van der Waals surface area contributed by atoms with Crippen LogP contribution in [0, 0.1) is 0 Å². The molecule has 1 saturated carbocycles. The third-order valence-electron chi connectivity index (χ3n) is 7.12. The first-order valence-corrected chi connectivity index (χ1v) is 12.9. The van der Waals surface area contributed by atoms with E-state index in [2.05, 4.69) is 41.4 Å². The van der Waals surface area contributed by atoms with Gasteiger partial charge in [-0.1, -0.05) is 44.4 Å². The molecule has 1 aromatic heterocycles. The second-order valence-corrected chi connectivity index (χ2v) is 9.87. The van der Waals surface area contributed by atoms with E-state index in [1.54, 1.807) is 26.1 Å². The molecule has 2 aliphatic rings. The number of likely N-dealkylation sites (N-methyl/N-ethyl adjacent to an activating group) is 1. The lowest BCUT2D eigenvalue weighted by Crippen LogP contribution is -2.33. The summed E-state index contributed by atoms with van der Waals surface area (Å²) in [6.07, 6.45) is 9.50. The molecule has 1 N–H and O–H groups in total. The fraction of sp³-hybridized carbons (Fsp3) is 0.536. The molecule has 7 nitrogen and oxygen atoms in total. The van der Waals surface area contributed by atoms with Crippen molar-refractivity contribution in [2.24, 2.45) is 0 Å². The highest BCUT2D eigenvalue weighted by Crippen LogP contribution is 2.34. The molecule has 2 heterocycles. The van der Waals surface area contributed by atoms with Crippen LogP contribution in [0.15, 0.2) is 30.3 Å². The number of allylic oxidation sites excluding steroid dienone is 1. The van der Waals surface area contributed by atoms with Crippen LogP contribution < -0.4 is 5.32 Å². The van der Waals surface area contributed by atoms with Crippen LogP contribution in [0.2, 0.25) is 0 Å². The van der Waals surface area contributed by atoms with E-state index in [0.717, 1.165) is 40.6 Å². The van der Waals surface area contributed by atoms with Crippen LogP contribution in [0.1, 0.15) is 74.0 Å². The van der Waals surface area contributed by atoms with E-state index >= 15 is 0 Å². The average Bonchev–Trinajstić information content (AvgIpc) is 3.28. The number of methoxy groups -OCH3 is 1. The monoisotopic (exact) mass is 477 g/mol. The van der Waals surface area contributed by atoms with Gasteiger partial charge in [-0.05, 0) is 48.4 Å². The van der Waals surface area contributed by atoms with E-state index in [1.807, 2.05) is 6.08 Å². The van der Waals surface area contributed by atoms with Crippen LogP contribution in [-0.2, 0) is 22.6 Å². The van der Waals surface area contributed by atoms with E-state index in [9.17, 15) is 4.79 Å². The maximum Gasteiger partial charge on any atom is 0.236 e. The van der Waals surface area contributed by atoms with Crippen molar-refractivity contribution in [1.82, 2.24) is 19.8 Å². The van der Waals surface area contributed by atoms with Gasteiger partial charge in [0.05, 0.1) is 18.8 Å². The summed E-state index contributed by atoms with van der Waals surface area (Å²) in [6.45, 7) is 4.30. The Bertz CT molecular complexity index is 1040. The maximum absolute atomic E-state index is 12.3. The summed E-state index contributed by atoms with van der Waals surface area (Å²) in [6, 6.07) is 8.86. The number of carbonyl (C=O) groups is 1. The van der Waals surface area contributed by atoms with Crippen molar-refractivity contribution in [2.75, 3.05) is 39.7 Å². The normalized spacial score (nSPS) is 16.9. The summed E-state index contributed by atoms with van der Waals surface area (Å²) in [5, 5.41) is 3.57. The van der Waals surface area contributed by atoms with Crippen molar-refractivity contribution >= 4 is 23.0 Å². The number of benzene rings is 1. The molecule has 1 fully saturated rings. The van der Waals surface area contributed by atoms with Crippen molar-refractivity contribution in [3.63, 3.8) is 0 Å². The van der Waals surface area contributed by atoms with Crippen molar-refractivity contribution in [3.8, 4) is 0 Å². The molecule has 1 aliphatic heterocycles. The molecule has 0 spiro atoms. The van der Waals surface area contributed by atoms with Crippen LogP contribution >= 0.6 is 0 Å². The van der Waals surface area contributed by atoms with E-state index in [4.69, 9.17) is 14.7 Å². The first-order valence-electron chi connectivity index (χ1n) is 12.9. The van der Waals surface area contributed by atoms with E-state index in [0.29, 0.717) is 32.2 Å². The number of amides is 1. The summed E-state index contributed by atoms with van der Waals surface area (Å²) in [7, 11) is 5.28. The van der Waals surface area contributed by atoms with Gasteiger partial charge in [0.25, 0.3) is 0 Å². The number of aromatic nitrogens is 2. The molecule has 0 unspecified atom stereocenters. The molecule has 1 amide bonds. The average molecular weight is 478 g/mol. The molecular weight excluding hydrogens is 438 g/mol. The maximum atomic E-state index is 12.3. The summed E-state index contributed by atoms with van der Waals surface area (Å²) >= 11 is 0. The lowest BCUT2D eigenvalue weighted by molar-refractivity contribution is -0.130. The van der Waals surface area contributed by atoms with Gasteiger partial charge < -0.3 is 15.0 Å². The van der Waals surface area contributed by atoms with Crippen LogP contribution in [0.3, 0.4) is 0 Å². The molecule has 2 aromatic rings. The molecular formula is C28H39N5O2. The summed E-state index contributed by atoms with van der Waals surface area (Å²) < 4.78 is 5.26. The third-order valence-corrected chi connectivity index (χ3v) is 7.12. The minimum absolute atomic E-state index is 0.0908. The van der Waals surface area contributed by atoms with Gasteiger partial charge in [-0.2, -0.15) is 0 Å². The van der Waals surface area contributed by atoms with E-state index < -0.39 is 0 Å². The topological polar surface area (TPSA) is 70.6 Å². The van der Waals surface area contributed by atoms with Gasteiger partial charge in [-0.3, -0.25) is 9.69 Å². The van der Waals surface area contributed by atoms with Gasteiger partial charge in [0, 0.05) is 45.5 Å². The molecule has 188 valence electrons. The number of anilines is 2. The standard InChI is InChI=1S/C28H39N5O2/c1-5-20(15-16-35-4)27-30-25-18-33(19-26(34)32(2)3)17-24(25)28(31-27)29-23-13-11-22(12-14-23)21-9-7-6-8-10-21/h11-15,21H,5-10,16-19H2,1-4H3,(H,29,30,31)/b20-15+. The second kappa shape index (κ2) is 11.8. The van der Waals surface area contributed by atoms with Crippen LogP contribution in [0.4, 0.5) is 11.5 Å². The number of nitrogens with zero attached hydrogens (tertiary/aromatic N) is 4. The molecule has 1 aliphatic carbocycles. The number of fused-ring (bicyclic) bond motifs is 1. The number of ether oxygens (including phenoxy) is 1. The SMILES string of the molecule is CC/C(=C\COC)c1nc2c(c(Nc3ccc(C4CCCCC4)cc3)n1)CN(CC(=O)N(C)C)C2. The molecule has 35 heavy (non-hydrogen) atoms. The van der Waals surface area contributed by atoms with Crippen molar-refractivity contribution in [2.45, 2.75) is 64.5 Å². The molecule has 7 heteroatoms. The highest BCUT2D eigenvalue weighted by atomic mass is 16.5. The van der Waals surface area contributed by atoms with Gasteiger partial charge in [0.2, 0.25) is 5.91 Å². The van der Waals surface area contributed by atoms with Gasteiger partial charge in [-0.25, -0.2) is 9.97 Å². The molecule has 1 aromatic carbocycles. The Balaban J connectivity index is 1.60. The summed E-state index contributed by atoms with van der Waals surface area (Å²) in [5.41, 5.74) is 5.58. The first kappa shape index (κ1) is 25.3. The number of carbonyl (C=O) groups excluding carboxylic acids is 1. The van der Waals surface area contributed by atoms with Crippen LogP contribution in [0.25, 0.3) is 5.57 Å². The summed E-state index contributed by atoms with van der Waals surface area (Å²) in [5.74, 6) is 2.33. The predicted octanol–water partition coefficient (Wildman–Crippen LogP) is 5.11. The van der Waals surface area contributed by atoms with Crippen molar-refractivity contribution in [1.29, 1.82) is 0 Å². The largest absolute Gasteiger partial charge is 0.381 e. The molecule has 0 bridgehead atoms. The zero-order valence-corrected chi connectivity index (χ0v) is 21.6.